The highest BCUT2D eigenvalue weighted by molar-refractivity contribution is 9.10. The lowest BCUT2D eigenvalue weighted by molar-refractivity contribution is -0.147. The minimum atomic E-state index is -0.673. The zero-order chi connectivity index (χ0) is 12.2. The van der Waals surface area contributed by atoms with E-state index in [0.717, 1.165) is 10.0 Å². The monoisotopic (exact) mass is 285 g/mol. The molecule has 0 spiro atoms. The van der Waals surface area contributed by atoms with Crippen molar-refractivity contribution in [1.29, 1.82) is 0 Å². The van der Waals surface area contributed by atoms with Crippen LogP contribution in [0.4, 0.5) is 0 Å². The summed E-state index contributed by atoms with van der Waals surface area (Å²) in [6.07, 6.45) is 0.566. The highest BCUT2D eigenvalue weighted by Gasteiger charge is 2.35. The fraction of sp³-hybridized carbons (Fsp3) is 0.417. The van der Waals surface area contributed by atoms with E-state index in [4.69, 9.17) is 10.5 Å². The Kier molecular flexibility index (Phi) is 4.50. The van der Waals surface area contributed by atoms with Gasteiger partial charge < -0.3 is 10.5 Å². The number of hydrogen-bond acceptors (Lipinski definition) is 3. The molecule has 0 heterocycles. The maximum atomic E-state index is 11.8. The van der Waals surface area contributed by atoms with Gasteiger partial charge in [-0.15, -0.1) is 0 Å². The lowest BCUT2D eigenvalue weighted by Crippen LogP contribution is -2.36. The van der Waals surface area contributed by atoms with E-state index in [9.17, 15) is 4.79 Å². The van der Waals surface area contributed by atoms with Crippen LogP contribution in [-0.4, -0.2) is 19.6 Å². The molecule has 3 nitrogen and oxygen atoms in total. The van der Waals surface area contributed by atoms with Crippen LogP contribution in [0.3, 0.4) is 0 Å². The summed E-state index contributed by atoms with van der Waals surface area (Å²) in [6.45, 7) is 2.30. The Hall–Kier alpha value is -0.870. The number of carbonyl (C=O) groups is 1. The Morgan fingerprint density at radius 3 is 2.75 bits per heavy atom. The van der Waals surface area contributed by atoms with E-state index < -0.39 is 5.41 Å². The summed E-state index contributed by atoms with van der Waals surface area (Å²) < 4.78 is 5.79. The van der Waals surface area contributed by atoms with Crippen molar-refractivity contribution in [3.8, 4) is 0 Å². The van der Waals surface area contributed by atoms with Crippen molar-refractivity contribution in [3.63, 3.8) is 0 Å². The van der Waals surface area contributed by atoms with Crippen LogP contribution in [0.2, 0.25) is 0 Å². The molecule has 0 radical (unpaired) electrons. The molecule has 0 aromatic heterocycles. The number of esters is 1. The molecule has 2 N–H and O–H groups in total. The Morgan fingerprint density at radius 2 is 2.25 bits per heavy atom. The first-order chi connectivity index (χ1) is 7.54. The van der Waals surface area contributed by atoms with Crippen LogP contribution in [-0.2, 0) is 14.9 Å². The lowest BCUT2D eigenvalue weighted by atomic mass is 9.79. The van der Waals surface area contributed by atoms with Crippen molar-refractivity contribution >= 4 is 21.9 Å². The molecule has 1 atom stereocenters. The molecule has 0 amide bonds. The summed E-state index contributed by atoms with van der Waals surface area (Å²) in [7, 11) is 1.40. The van der Waals surface area contributed by atoms with Gasteiger partial charge in [-0.05, 0) is 37.6 Å². The van der Waals surface area contributed by atoms with Crippen molar-refractivity contribution < 1.29 is 9.53 Å². The van der Waals surface area contributed by atoms with Gasteiger partial charge in [0.2, 0.25) is 0 Å². The van der Waals surface area contributed by atoms with Crippen LogP contribution in [0.15, 0.2) is 28.7 Å². The van der Waals surface area contributed by atoms with Gasteiger partial charge in [-0.25, -0.2) is 0 Å². The van der Waals surface area contributed by atoms with E-state index in [2.05, 4.69) is 15.9 Å². The topological polar surface area (TPSA) is 52.3 Å². The second kappa shape index (κ2) is 5.46. The first-order valence-corrected chi connectivity index (χ1v) is 5.88. The molecule has 0 fully saturated rings. The summed E-state index contributed by atoms with van der Waals surface area (Å²) in [5, 5.41) is 0. The van der Waals surface area contributed by atoms with Crippen LogP contribution < -0.4 is 5.73 Å². The number of carbonyl (C=O) groups excluding carboxylic acids is 1. The van der Waals surface area contributed by atoms with Gasteiger partial charge in [-0.1, -0.05) is 28.1 Å². The third-order valence-electron chi connectivity index (χ3n) is 2.74. The van der Waals surface area contributed by atoms with Gasteiger partial charge in [0.15, 0.2) is 0 Å². The predicted octanol–water partition coefficient (Wildman–Crippen LogP) is 2.23. The minimum absolute atomic E-state index is 0.254. The number of rotatable bonds is 4. The zero-order valence-electron chi connectivity index (χ0n) is 9.50. The van der Waals surface area contributed by atoms with Crippen molar-refractivity contribution in [1.82, 2.24) is 0 Å². The van der Waals surface area contributed by atoms with Gasteiger partial charge in [-0.2, -0.15) is 0 Å². The molecular formula is C12H16BrNO2. The Bertz CT molecular complexity index is 381. The predicted molar refractivity (Wildman–Crippen MR) is 67.2 cm³/mol. The van der Waals surface area contributed by atoms with Gasteiger partial charge in [0.1, 0.15) is 0 Å². The molecule has 1 aromatic rings. The molecule has 88 valence electrons. The Balaban J connectivity index is 3.15. The quantitative estimate of drug-likeness (QED) is 0.863. The van der Waals surface area contributed by atoms with E-state index in [1.807, 2.05) is 31.2 Å². The summed E-state index contributed by atoms with van der Waals surface area (Å²) in [6, 6.07) is 7.66. The second-order valence-electron chi connectivity index (χ2n) is 3.87. The Morgan fingerprint density at radius 1 is 1.56 bits per heavy atom. The van der Waals surface area contributed by atoms with Gasteiger partial charge in [-0.3, -0.25) is 4.79 Å². The molecule has 1 rings (SSSR count). The van der Waals surface area contributed by atoms with Crippen LogP contribution in [0.25, 0.3) is 0 Å². The van der Waals surface area contributed by atoms with Gasteiger partial charge in [0.05, 0.1) is 12.5 Å². The summed E-state index contributed by atoms with van der Waals surface area (Å²) in [4.78, 5) is 11.8. The van der Waals surface area contributed by atoms with E-state index in [1.54, 1.807) is 0 Å². The van der Waals surface area contributed by atoms with Crippen LogP contribution in [0.1, 0.15) is 18.9 Å². The smallest absolute Gasteiger partial charge is 0.316 e. The maximum absolute atomic E-state index is 11.8. The zero-order valence-corrected chi connectivity index (χ0v) is 11.1. The van der Waals surface area contributed by atoms with E-state index in [-0.39, 0.29) is 5.97 Å². The van der Waals surface area contributed by atoms with Crippen molar-refractivity contribution in [2.75, 3.05) is 13.7 Å². The number of ether oxygens (including phenoxy) is 1. The third kappa shape index (κ3) is 2.62. The second-order valence-corrected chi connectivity index (χ2v) is 4.79. The Labute approximate surface area is 104 Å². The first-order valence-electron chi connectivity index (χ1n) is 5.09. The lowest BCUT2D eigenvalue weighted by Gasteiger charge is -2.26. The maximum Gasteiger partial charge on any atom is 0.316 e. The fourth-order valence-electron chi connectivity index (χ4n) is 1.71. The van der Waals surface area contributed by atoms with Gasteiger partial charge in [0.25, 0.3) is 0 Å². The molecule has 16 heavy (non-hydrogen) atoms. The summed E-state index contributed by atoms with van der Waals surface area (Å²) >= 11 is 3.39. The molecule has 0 aliphatic rings. The van der Waals surface area contributed by atoms with Crippen molar-refractivity contribution in [2.45, 2.75) is 18.8 Å². The third-order valence-corrected chi connectivity index (χ3v) is 3.24. The molecule has 0 aliphatic heterocycles. The molecule has 0 saturated heterocycles. The number of benzene rings is 1. The molecule has 1 unspecified atom stereocenters. The minimum Gasteiger partial charge on any atom is -0.468 e. The SMILES string of the molecule is COC(=O)C(C)(CCN)c1cccc(Br)c1. The molecule has 4 heteroatoms. The first kappa shape index (κ1) is 13.2. The van der Waals surface area contributed by atoms with Crippen molar-refractivity contribution in [2.24, 2.45) is 5.73 Å². The van der Waals surface area contributed by atoms with Crippen molar-refractivity contribution in [3.05, 3.63) is 34.3 Å². The summed E-state index contributed by atoms with van der Waals surface area (Å²) in [5.74, 6) is -0.254. The number of halogens is 1. The largest absolute Gasteiger partial charge is 0.468 e. The van der Waals surface area contributed by atoms with E-state index in [0.29, 0.717) is 13.0 Å². The molecule has 0 bridgehead atoms. The van der Waals surface area contributed by atoms with Gasteiger partial charge in [0, 0.05) is 4.47 Å². The molecule has 0 saturated carbocycles. The number of methoxy groups -OCH3 is 1. The van der Waals surface area contributed by atoms with Gasteiger partial charge >= 0.3 is 5.97 Å². The standard InChI is InChI=1S/C12H16BrNO2/c1-12(6-7-14,11(15)16-2)9-4-3-5-10(13)8-9/h3-5,8H,6-7,14H2,1-2H3. The number of hydrogen-bond donors (Lipinski definition) is 1. The van der Waals surface area contributed by atoms with E-state index >= 15 is 0 Å². The van der Waals surface area contributed by atoms with Crippen LogP contribution >= 0.6 is 15.9 Å². The van der Waals surface area contributed by atoms with Crippen LogP contribution in [0.5, 0.6) is 0 Å². The highest BCUT2D eigenvalue weighted by Crippen LogP contribution is 2.30. The molecular weight excluding hydrogens is 270 g/mol. The average molecular weight is 286 g/mol. The summed E-state index contributed by atoms with van der Waals surface area (Å²) in [5.41, 5.74) is 5.81. The number of nitrogens with two attached hydrogens (primary N) is 1. The average Bonchev–Trinajstić information content (AvgIpc) is 2.28. The van der Waals surface area contributed by atoms with Crippen LogP contribution in [0, 0.1) is 0 Å². The molecule has 0 aliphatic carbocycles. The fourth-order valence-corrected chi connectivity index (χ4v) is 2.11. The molecule has 1 aromatic carbocycles. The highest BCUT2D eigenvalue weighted by atomic mass is 79.9. The normalized spacial score (nSPS) is 14.2. The van der Waals surface area contributed by atoms with E-state index in [1.165, 1.54) is 7.11 Å².